The molecule has 2 N–H and O–H groups in total. The highest BCUT2D eigenvalue weighted by molar-refractivity contribution is 6.31. The second-order valence-corrected chi connectivity index (χ2v) is 4.14. The molecule has 0 saturated heterocycles. The van der Waals surface area contributed by atoms with Gasteiger partial charge in [0.15, 0.2) is 0 Å². The number of rotatable bonds is 5. The van der Waals surface area contributed by atoms with E-state index in [9.17, 15) is 0 Å². The maximum atomic E-state index is 6.13. The van der Waals surface area contributed by atoms with Crippen molar-refractivity contribution in [2.45, 2.75) is 25.4 Å². The molecule has 15 heavy (non-hydrogen) atoms. The van der Waals surface area contributed by atoms with E-state index in [1.165, 1.54) is 0 Å². The number of benzene rings is 1. The van der Waals surface area contributed by atoms with Gasteiger partial charge in [0.2, 0.25) is 0 Å². The van der Waals surface area contributed by atoms with E-state index in [-0.39, 0.29) is 12.0 Å². The van der Waals surface area contributed by atoms with Crippen molar-refractivity contribution in [3.63, 3.8) is 0 Å². The lowest BCUT2D eigenvalue weighted by Crippen LogP contribution is -2.19. The minimum atomic E-state index is 0.204. The zero-order valence-electron chi connectivity index (χ0n) is 9.24. The van der Waals surface area contributed by atoms with E-state index in [0.717, 1.165) is 17.0 Å². The van der Waals surface area contributed by atoms with Crippen LogP contribution in [-0.4, -0.2) is 19.8 Å². The Morgan fingerprint density at radius 3 is 2.60 bits per heavy atom. The summed E-state index contributed by atoms with van der Waals surface area (Å²) in [4.78, 5) is 0. The molecular formula is C12H18ClNO. The molecule has 0 bridgehead atoms. The summed E-state index contributed by atoms with van der Waals surface area (Å²) in [5, 5.41) is 0.788. The standard InChI is InChI=1S/C12H18ClNO/c1-9(15-2)7-10(8-14)11-5-3-4-6-12(11)13/h3-6,9-10H,7-8,14H2,1-2H3. The smallest absolute Gasteiger partial charge is 0.0549 e. The predicted octanol–water partition coefficient (Wildman–Crippen LogP) is 2.81. The van der Waals surface area contributed by atoms with Crippen LogP contribution in [0.3, 0.4) is 0 Å². The first-order valence-electron chi connectivity index (χ1n) is 5.16. The summed E-state index contributed by atoms with van der Waals surface area (Å²) >= 11 is 6.13. The van der Waals surface area contributed by atoms with Crippen LogP contribution < -0.4 is 5.73 Å². The van der Waals surface area contributed by atoms with Crippen molar-refractivity contribution in [2.75, 3.05) is 13.7 Å². The molecule has 0 aliphatic heterocycles. The summed E-state index contributed by atoms with van der Waals surface area (Å²) in [7, 11) is 1.71. The summed E-state index contributed by atoms with van der Waals surface area (Å²) in [5.74, 6) is 0.272. The third-order valence-electron chi connectivity index (χ3n) is 2.65. The number of methoxy groups -OCH3 is 1. The molecule has 2 atom stereocenters. The van der Waals surface area contributed by atoms with Gasteiger partial charge in [0, 0.05) is 18.1 Å². The number of hydrogen-bond acceptors (Lipinski definition) is 2. The van der Waals surface area contributed by atoms with Crippen molar-refractivity contribution in [1.29, 1.82) is 0 Å². The molecule has 0 saturated carbocycles. The van der Waals surface area contributed by atoms with Gasteiger partial charge in [-0.1, -0.05) is 29.8 Å². The first kappa shape index (κ1) is 12.5. The Kier molecular flexibility index (Phi) is 5.09. The summed E-state index contributed by atoms with van der Waals surface area (Å²) in [5.41, 5.74) is 6.88. The molecule has 0 amide bonds. The molecule has 0 radical (unpaired) electrons. The van der Waals surface area contributed by atoms with Crippen molar-refractivity contribution in [2.24, 2.45) is 5.73 Å². The Morgan fingerprint density at radius 2 is 2.07 bits per heavy atom. The average Bonchev–Trinajstić information content (AvgIpc) is 2.26. The number of halogens is 1. The Bertz CT molecular complexity index is 303. The van der Waals surface area contributed by atoms with Crippen molar-refractivity contribution >= 4 is 11.6 Å². The van der Waals surface area contributed by atoms with E-state index in [2.05, 4.69) is 0 Å². The van der Waals surface area contributed by atoms with Crippen molar-refractivity contribution in [1.82, 2.24) is 0 Å². The third-order valence-corrected chi connectivity index (χ3v) is 2.99. The highest BCUT2D eigenvalue weighted by Crippen LogP contribution is 2.27. The minimum absolute atomic E-state index is 0.204. The molecule has 0 heterocycles. The van der Waals surface area contributed by atoms with Crippen LogP contribution in [0.4, 0.5) is 0 Å². The van der Waals surface area contributed by atoms with Crippen LogP contribution >= 0.6 is 11.6 Å². The fraction of sp³-hybridized carbons (Fsp3) is 0.500. The maximum absolute atomic E-state index is 6.13. The van der Waals surface area contributed by atoms with E-state index >= 15 is 0 Å². The van der Waals surface area contributed by atoms with Crippen LogP contribution in [0.15, 0.2) is 24.3 Å². The molecule has 0 aliphatic carbocycles. The monoisotopic (exact) mass is 227 g/mol. The third kappa shape index (κ3) is 3.49. The van der Waals surface area contributed by atoms with E-state index in [1.807, 2.05) is 31.2 Å². The van der Waals surface area contributed by atoms with Gasteiger partial charge in [-0.05, 0) is 31.5 Å². The summed E-state index contributed by atoms with van der Waals surface area (Å²) < 4.78 is 5.25. The van der Waals surface area contributed by atoms with Crippen LogP contribution in [0.25, 0.3) is 0 Å². The van der Waals surface area contributed by atoms with Gasteiger partial charge in [-0.3, -0.25) is 0 Å². The highest BCUT2D eigenvalue weighted by Gasteiger charge is 2.15. The SMILES string of the molecule is COC(C)CC(CN)c1ccccc1Cl. The largest absolute Gasteiger partial charge is 0.382 e. The van der Waals surface area contributed by atoms with Gasteiger partial charge in [0.1, 0.15) is 0 Å². The number of ether oxygens (including phenoxy) is 1. The molecule has 2 unspecified atom stereocenters. The Balaban J connectivity index is 2.78. The van der Waals surface area contributed by atoms with Gasteiger partial charge in [-0.2, -0.15) is 0 Å². The molecule has 84 valence electrons. The summed E-state index contributed by atoms with van der Waals surface area (Å²) in [6.07, 6.45) is 1.10. The summed E-state index contributed by atoms with van der Waals surface area (Å²) in [6.45, 7) is 2.64. The zero-order valence-corrected chi connectivity index (χ0v) is 10.00. The van der Waals surface area contributed by atoms with E-state index in [1.54, 1.807) is 7.11 Å². The summed E-state index contributed by atoms with van der Waals surface area (Å²) in [6, 6.07) is 7.85. The topological polar surface area (TPSA) is 35.2 Å². The maximum Gasteiger partial charge on any atom is 0.0549 e. The molecule has 2 nitrogen and oxygen atoms in total. The highest BCUT2D eigenvalue weighted by atomic mass is 35.5. The van der Waals surface area contributed by atoms with Crippen molar-refractivity contribution in [3.8, 4) is 0 Å². The Hall–Kier alpha value is -0.570. The molecule has 0 aromatic heterocycles. The fourth-order valence-electron chi connectivity index (χ4n) is 1.65. The lowest BCUT2D eigenvalue weighted by molar-refractivity contribution is 0.105. The van der Waals surface area contributed by atoms with Crippen molar-refractivity contribution in [3.05, 3.63) is 34.9 Å². The molecule has 3 heteroatoms. The minimum Gasteiger partial charge on any atom is -0.382 e. The fourth-order valence-corrected chi connectivity index (χ4v) is 1.94. The van der Waals surface area contributed by atoms with Crippen LogP contribution in [-0.2, 0) is 4.74 Å². The van der Waals surface area contributed by atoms with Gasteiger partial charge in [-0.25, -0.2) is 0 Å². The zero-order chi connectivity index (χ0) is 11.3. The Morgan fingerprint density at radius 1 is 1.40 bits per heavy atom. The van der Waals surface area contributed by atoms with Crippen LogP contribution in [0, 0.1) is 0 Å². The van der Waals surface area contributed by atoms with Gasteiger partial charge in [-0.15, -0.1) is 0 Å². The van der Waals surface area contributed by atoms with Gasteiger partial charge < -0.3 is 10.5 Å². The molecule has 1 rings (SSSR count). The lowest BCUT2D eigenvalue weighted by Gasteiger charge is -2.20. The van der Waals surface area contributed by atoms with Crippen LogP contribution in [0.5, 0.6) is 0 Å². The van der Waals surface area contributed by atoms with E-state index in [0.29, 0.717) is 6.54 Å². The second kappa shape index (κ2) is 6.11. The Labute approximate surface area is 96.4 Å². The van der Waals surface area contributed by atoms with Crippen molar-refractivity contribution < 1.29 is 4.74 Å². The lowest BCUT2D eigenvalue weighted by atomic mass is 9.93. The normalized spacial score (nSPS) is 14.9. The predicted molar refractivity (Wildman–Crippen MR) is 64.3 cm³/mol. The second-order valence-electron chi connectivity index (χ2n) is 3.74. The van der Waals surface area contributed by atoms with Gasteiger partial charge >= 0.3 is 0 Å². The molecule has 0 aliphatic rings. The molecule has 0 fully saturated rings. The number of hydrogen-bond donors (Lipinski definition) is 1. The van der Waals surface area contributed by atoms with Gasteiger partial charge in [0.05, 0.1) is 6.10 Å². The van der Waals surface area contributed by atoms with E-state index < -0.39 is 0 Å². The van der Waals surface area contributed by atoms with E-state index in [4.69, 9.17) is 22.1 Å². The van der Waals surface area contributed by atoms with Gasteiger partial charge in [0.25, 0.3) is 0 Å². The first-order chi connectivity index (χ1) is 7.19. The first-order valence-corrected chi connectivity index (χ1v) is 5.54. The number of nitrogens with two attached hydrogens (primary N) is 1. The van der Waals surface area contributed by atoms with Crippen LogP contribution in [0.2, 0.25) is 5.02 Å². The molecule has 1 aromatic rings. The quantitative estimate of drug-likeness (QED) is 0.840. The average molecular weight is 228 g/mol. The molecule has 0 spiro atoms. The molecular weight excluding hydrogens is 210 g/mol. The molecule has 1 aromatic carbocycles. The van der Waals surface area contributed by atoms with Crippen LogP contribution in [0.1, 0.15) is 24.8 Å².